The van der Waals surface area contributed by atoms with Crippen molar-refractivity contribution in [3.63, 3.8) is 0 Å². The first-order valence-corrected chi connectivity index (χ1v) is 7.51. The molecule has 0 aliphatic carbocycles. The van der Waals surface area contributed by atoms with Crippen molar-refractivity contribution in [1.82, 2.24) is 9.80 Å². The molecule has 17 heavy (non-hydrogen) atoms. The van der Waals surface area contributed by atoms with Crippen LogP contribution < -0.4 is 0 Å². The lowest BCUT2D eigenvalue weighted by atomic mass is 10.2. The maximum atomic E-state index is 2.59. The molecule has 2 heteroatoms. The van der Waals surface area contributed by atoms with Gasteiger partial charge in [0.2, 0.25) is 0 Å². The maximum Gasteiger partial charge on any atom is 0.0896 e. The van der Waals surface area contributed by atoms with Crippen LogP contribution in [-0.2, 0) is 0 Å². The predicted octanol–water partition coefficient (Wildman–Crippen LogP) is 4.19. The molecule has 0 N–H and O–H groups in total. The van der Waals surface area contributed by atoms with E-state index in [0.29, 0.717) is 0 Å². The summed E-state index contributed by atoms with van der Waals surface area (Å²) in [5, 5.41) is 0. The van der Waals surface area contributed by atoms with Crippen LogP contribution in [0.4, 0.5) is 0 Å². The second kappa shape index (κ2) is 8.43. The molecule has 0 saturated heterocycles. The number of nitrogens with zero attached hydrogens (tertiary/aromatic N) is 2. The molecule has 0 radical (unpaired) electrons. The van der Waals surface area contributed by atoms with E-state index in [1.165, 1.54) is 58.0 Å². The van der Waals surface area contributed by atoms with Gasteiger partial charge in [-0.2, -0.15) is 0 Å². The van der Waals surface area contributed by atoms with Gasteiger partial charge < -0.3 is 9.80 Å². The minimum atomic E-state index is 1.14. The summed E-state index contributed by atoms with van der Waals surface area (Å²) in [6.45, 7) is 10.4. The molecule has 0 aromatic heterocycles. The Morgan fingerprint density at radius 2 is 1.59 bits per heavy atom. The Morgan fingerprint density at radius 1 is 0.941 bits per heavy atom. The van der Waals surface area contributed by atoms with E-state index in [4.69, 9.17) is 0 Å². The van der Waals surface area contributed by atoms with Crippen molar-refractivity contribution in [2.45, 2.75) is 65.7 Å². The zero-order chi connectivity index (χ0) is 12.5. The topological polar surface area (TPSA) is 6.48 Å². The highest BCUT2D eigenvalue weighted by Gasteiger charge is 2.18. The maximum absolute atomic E-state index is 2.59. The number of allylic oxidation sites excluding steroid dienone is 1. The van der Waals surface area contributed by atoms with Crippen LogP contribution in [0.15, 0.2) is 11.9 Å². The van der Waals surface area contributed by atoms with E-state index in [1.807, 2.05) is 0 Å². The Morgan fingerprint density at radius 3 is 2.24 bits per heavy atom. The fraction of sp³-hybridized carbons (Fsp3) is 0.867. The van der Waals surface area contributed by atoms with Crippen molar-refractivity contribution in [3.8, 4) is 0 Å². The third-order valence-corrected chi connectivity index (χ3v) is 3.46. The summed E-state index contributed by atoms with van der Waals surface area (Å²) in [7, 11) is 0. The quantitative estimate of drug-likeness (QED) is 0.594. The third kappa shape index (κ3) is 5.01. The number of hydrogen-bond donors (Lipinski definition) is 0. The average molecular weight is 238 g/mol. The van der Waals surface area contributed by atoms with Crippen molar-refractivity contribution in [3.05, 3.63) is 11.9 Å². The molecule has 1 heterocycles. The molecule has 1 aliphatic rings. The molecule has 0 amide bonds. The molecule has 100 valence electrons. The molecule has 0 aromatic carbocycles. The van der Waals surface area contributed by atoms with Crippen LogP contribution in [0.1, 0.15) is 65.7 Å². The highest BCUT2D eigenvalue weighted by molar-refractivity contribution is 5.06. The fourth-order valence-electron chi connectivity index (χ4n) is 2.28. The summed E-state index contributed by atoms with van der Waals surface area (Å²) < 4.78 is 0. The second-order valence-electron chi connectivity index (χ2n) is 5.15. The molecular weight excluding hydrogens is 208 g/mol. The Labute approximate surface area is 108 Å². The van der Waals surface area contributed by atoms with Gasteiger partial charge in [-0.25, -0.2) is 0 Å². The molecule has 1 aliphatic heterocycles. The summed E-state index contributed by atoms with van der Waals surface area (Å²) in [6, 6.07) is 0. The van der Waals surface area contributed by atoms with Crippen molar-refractivity contribution < 1.29 is 0 Å². The molecule has 0 aromatic rings. The third-order valence-electron chi connectivity index (χ3n) is 3.46. The van der Waals surface area contributed by atoms with E-state index < -0.39 is 0 Å². The van der Waals surface area contributed by atoms with Crippen LogP contribution in [0.25, 0.3) is 0 Å². The van der Waals surface area contributed by atoms with Gasteiger partial charge in [0.1, 0.15) is 0 Å². The predicted molar refractivity (Wildman–Crippen MR) is 75.7 cm³/mol. The van der Waals surface area contributed by atoms with Crippen LogP contribution in [-0.4, -0.2) is 29.6 Å². The lowest BCUT2D eigenvalue weighted by Gasteiger charge is -2.23. The highest BCUT2D eigenvalue weighted by atomic mass is 15.4. The monoisotopic (exact) mass is 238 g/mol. The molecule has 0 spiro atoms. The second-order valence-corrected chi connectivity index (χ2v) is 5.15. The first-order chi connectivity index (χ1) is 8.31. The number of hydrogen-bond acceptors (Lipinski definition) is 2. The van der Waals surface area contributed by atoms with Crippen LogP contribution in [0, 0.1) is 0 Å². The van der Waals surface area contributed by atoms with Gasteiger partial charge in [0.15, 0.2) is 0 Å². The summed E-state index contributed by atoms with van der Waals surface area (Å²) in [4.78, 5) is 5.10. The SMILES string of the molecule is CCCCC1=CN(CCCC)CN1CCCC. The van der Waals surface area contributed by atoms with Crippen LogP contribution in [0.5, 0.6) is 0 Å². The van der Waals surface area contributed by atoms with Crippen molar-refractivity contribution in [2.24, 2.45) is 0 Å². The number of rotatable bonds is 9. The van der Waals surface area contributed by atoms with Crippen LogP contribution >= 0.6 is 0 Å². The van der Waals surface area contributed by atoms with Gasteiger partial charge in [0.25, 0.3) is 0 Å². The van der Waals surface area contributed by atoms with E-state index in [2.05, 4.69) is 36.8 Å². The smallest absolute Gasteiger partial charge is 0.0896 e. The van der Waals surface area contributed by atoms with Crippen molar-refractivity contribution in [1.29, 1.82) is 0 Å². The molecule has 0 atom stereocenters. The normalized spacial score (nSPS) is 15.6. The van der Waals surface area contributed by atoms with E-state index in [9.17, 15) is 0 Å². The molecule has 2 nitrogen and oxygen atoms in total. The van der Waals surface area contributed by atoms with Crippen molar-refractivity contribution in [2.75, 3.05) is 19.8 Å². The van der Waals surface area contributed by atoms with Crippen LogP contribution in [0.2, 0.25) is 0 Å². The van der Waals surface area contributed by atoms with Crippen LogP contribution in [0.3, 0.4) is 0 Å². The summed E-state index contributed by atoms with van der Waals surface area (Å²) in [5.74, 6) is 0. The minimum Gasteiger partial charge on any atom is -0.358 e. The van der Waals surface area contributed by atoms with Gasteiger partial charge in [-0.1, -0.05) is 40.0 Å². The van der Waals surface area contributed by atoms with Gasteiger partial charge in [-0.3, -0.25) is 0 Å². The molecule has 0 bridgehead atoms. The van der Waals surface area contributed by atoms with Gasteiger partial charge in [-0.05, 0) is 25.7 Å². The van der Waals surface area contributed by atoms with E-state index >= 15 is 0 Å². The summed E-state index contributed by atoms with van der Waals surface area (Å²) >= 11 is 0. The first kappa shape index (κ1) is 14.4. The molecule has 0 saturated carbocycles. The van der Waals surface area contributed by atoms with Gasteiger partial charge in [0, 0.05) is 25.0 Å². The lowest BCUT2D eigenvalue weighted by molar-refractivity contribution is 0.246. The van der Waals surface area contributed by atoms with E-state index in [-0.39, 0.29) is 0 Å². The summed E-state index contributed by atoms with van der Waals surface area (Å²) in [5.41, 5.74) is 1.58. The zero-order valence-electron chi connectivity index (χ0n) is 12.0. The largest absolute Gasteiger partial charge is 0.358 e. The Hall–Kier alpha value is -0.660. The molecule has 0 fully saturated rings. The van der Waals surface area contributed by atoms with Gasteiger partial charge in [0.05, 0.1) is 6.67 Å². The Balaban J connectivity index is 2.43. The zero-order valence-corrected chi connectivity index (χ0v) is 12.0. The summed E-state index contributed by atoms with van der Waals surface area (Å²) in [6.07, 6.45) is 11.5. The molecular formula is C15H30N2. The first-order valence-electron chi connectivity index (χ1n) is 7.51. The van der Waals surface area contributed by atoms with E-state index in [1.54, 1.807) is 5.70 Å². The molecule has 0 unspecified atom stereocenters. The Bertz CT molecular complexity index is 223. The van der Waals surface area contributed by atoms with Crippen molar-refractivity contribution >= 4 is 0 Å². The fourth-order valence-corrected chi connectivity index (χ4v) is 2.28. The molecule has 1 rings (SSSR count). The van der Waals surface area contributed by atoms with Gasteiger partial charge in [-0.15, -0.1) is 0 Å². The van der Waals surface area contributed by atoms with Gasteiger partial charge >= 0.3 is 0 Å². The Kier molecular flexibility index (Phi) is 7.14. The standard InChI is InChI=1S/C15H30N2/c1-4-7-10-15-13-16(11-8-5-2)14-17(15)12-9-6-3/h13H,4-12,14H2,1-3H3. The average Bonchev–Trinajstić information content (AvgIpc) is 2.73. The lowest BCUT2D eigenvalue weighted by Crippen LogP contribution is -2.28. The minimum absolute atomic E-state index is 1.14. The highest BCUT2D eigenvalue weighted by Crippen LogP contribution is 2.21. The van der Waals surface area contributed by atoms with E-state index in [0.717, 1.165) is 6.67 Å². The number of unbranched alkanes of at least 4 members (excludes halogenated alkanes) is 3.